The zero-order chi connectivity index (χ0) is 13.1. The maximum Gasteiger partial charge on any atom is 0.257 e. The van der Waals surface area contributed by atoms with Gasteiger partial charge in [-0.1, -0.05) is 11.6 Å². The number of hydrogen-bond acceptors (Lipinski definition) is 3. The monoisotopic (exact) mass is 331 g/mol. The van der Waals surface area contributed by atoms with Crippen molar-refractivity contribution in [3.63, 3.8) is 0 Å². The molecule has 1 aromatic rings. The van der Waals surface area contributed by atoms with E-state index in [1.54, 1.807) is 11.0 Å². The number of aromatic nitrogens is 1. The SMILES string of the molecule is O=C1CCN(C(=O)c2cc(Br)cnc2Cl)CCN1. The Kier molecular flexibility index (Phi) is 4.19. The standard InChI is InChI=1S/C11H11BrClN3O2/c12-7-5-8(10(13)15-6-7)11(18)16-3-1-9(17)14-2-4-16/h5-6H,1-4H2,(H,14,17). The minimum atomic E-state index is -0.203. The summed E-state index contributed by atoms with van der Waals surface area (Å²) in [6.45, 7) is 1.34. The van der Waals surface area contributed by atoms with Gasteiger partial charge in [0.15, 0.2) is 0 Å². The molecule has 1 saturated heterocycles. The zero-order valence-corrected chi connectivity index (χ0v) is 11.8. The van der Waals surface area contributed by atoms with Crippen molar-refractivity contribution in [2.24, 2.45) is 0 Å². The van der Waals surface area contributed by atoms with Crippen LogP contribution < -0.4 is 5.32 Å². The molecular weight excluding hydrogens is 321 g/mol. The summed E-state index contributed by atoms with van der Waals surface area (Å²) < 4.78 is 0.694. The molecule has 7 heteroatoms. The van der Waals surface area contributed by atoms with Crippen LogP contribution >= 0.6 is 27.5 Å². The van der Waals surface area contributed by atoms with E-state index in [2.05, 4.69) is 26.2 Å². The van der Waals surface area contributed by atoms with Crippen LogP contribution in [0.25, 0.3) is 0 Å². The van der Waals surface area contributed by atoms with Gasteiger partial charge in [-0.05, 0) is 22.0 Å². The average Bonchev–Trinajstić information content (AvgIpc) is 2.56. The average molecular weight is 333 g/mol. The predicted molar refractivity (Wildman–Crippen MR) is 70.5 cm³/mol. The number of pyridine rings is 1. The number of carbonyl (C=O) groups is 2. The van der Waals surface area contributed by atoms with Crippen molar-refractivity contribution in [3.05, 3.63) is 27.5 Å². The van der Waals surface area contributed by atoms with Crippen LogP contribution in [0.1, 0.15) is 16.8 Å². The second-order valence-electron chi connectivity index (χ2n) is 3.88. The molecule has 0 atom stereocenters. The highest BCUT2D eigenvalue weighted by atomic mass is 79.9. The molecule has 0 saturated carbocycles. The lowest BCUT2D eigenvalue weighted by atomic mass is 10.2. The lowest BCUT2D eigenvalue weighted by Gasteiger charge is -2.19. The first-order chi connectivity index (χ1) is 8.58. The van der Waals surface area contributed by atoms with E-state index in [4.69, 9.17) is 11.6 Å². The molecule has 1 aliphatic rings. The fourth-order valence-corrected chi connectivity index (χ4v) is 2.23. The molecule has 5 nitrogen and oxygen atoms in total. The van der Waals surface area contributed by atoms with Gasteiger partial charge in [0.05, 0.1) is 5.56 Å². The van der Waals surface area contributed by atoms with Crippen LogP contribution in [-0.4, -0.2) is 41.3 Å². The van der Waals surface area contributed by atoms with Crippen LogP contribution in [0.4, 0.5) is 0 Å². The van der Waals surface area contributed by atoms with Gasteiger partial charge in [-0.2, -0.15) is 0 Å². The second-order valence-corrected chi connectivity index (χ2v) is 5.16. The summed E-state index contributed by atoms with van der Waals surface area (Å²) in [5.74, 6) is -0.242. The Morgan fingerprint density at radius 3 is 3.06 bits per heavy atom. The Hall–Kier alpha value is -1.14. The Labute approximate surface area is 118 Å². The molecule has 1 aromatic heterocycles. The fraction of sp³-hybridized carbons (Fsp3) is 0.364. The van der Waals surface area contributed by atoms with Crippen molar-refractivity contribution in [2.45, 2.75) is 6.42 Å². The molecule has 0 aromatic carbocycles. The number of halogens is 2. The van der Waals surface area contributed by atoms with Gasteiger partial charge in [0.1, 0.15) is 5.15 Å². The highest BCUT2D eigenvalue weighted by Crippen LogP contribution is 2.20. The van der Waals surface area contributed by atoms with E-state index >= 15 is 0 Å². The van der Waals surface area contributed by atoms with Gasteiger partial charge in [-0.15, -0.1) is 0 Å². The van der Waals surface area contributed by atoms with Crippen LogP contribution in [0.2, 0.25) is 5.15 Å². The van der Waals surface area contributed by atoms with Gasteiger partial charge in [-0.3, -0.25) is 9.59 Å². The van der Waals surface area contributed by atoms with Gasteiger partial charge >= 0.3 is 0 Å². The number of nitrogens with one attached hydrogen (secondary N) is 1. The molecule has 0 bridgehead atoms. The van der Waals surface area contributed by atoms with E-state index in [9.17, 15) is 9.59 Å². The maximum absolute atomic E-state index is 12.3. The zero-order valence-electron chi connectivity index (χ0n) is 9.45. The molecule has 0 radical (unpaired) electrons. The van der Waals surface area contributed by atoms with Crippen LogP contribution in [0, 0.1) is 0 Å². The summed E-state index contributed by atoms with van der Waals surface area (Å²) in [7, 11) is 0. The van der Waals surface area contributed by atoms with Crippen LogP contribution in [0.15, 0.2) is 16.7 Å². The van der Waals surface area contributed by atoms with Gasteiger partial charge in [0, 0.05) is 36.7 Å². The van der Waals surface area contributed by atoms with Crippen molar-refractivity contribution in [2.75, 3.05) is 19.6 Å². The summed E-state index contributed by atoms with van der Waals surface area (Å²) >= 11 is 9.17. The summed E-state index contributed by atoms with van der Waals surface area (Å²) in [5, 5.41) is 2.89. The minimum Gasteiger partial charge on any atom is -0.354 e. The first kappa shape index (κ1) is 13.3. The van der Waals surface area contributed by atoms with Gasteiger partial charge in [0.25, 0.3) is 5.91 Å². The quantitative estimate of drug-likeness (QED) is 0.792. The molecule has 18 heavy (non-hydrogen) atoms. The smallest absolute Gasteiger partial charge is 0.257 e. The van der Waals surface area contributed by atoms with Crippen molar-refractivity contribution >= 4 is 39.3 Å². The number of hydrogen-bond donors (Lipinski definition) is 1. The fourth-order valence-electron chi connectivity index (χ4n) is 1.71. The normalized spacial score (nSPS) is 16.1. The predicted octanol–water partition coefficient (Wildman–Crippen LogP) is 1.46. The molecule has 2 heterocycles. The van der Waals surface area contributed by atoms with Crippen LogP contribution in [0.5, 0.6) is 0 Å². The largest absolute Gasteiger partial charge is 0.354 e. The second kappa shape index (κ2) is 5.67. The molecule has 96 valence electrons. The lowest BCUT2D eigenvalue weighted by molar-refractivity contribution is -0.120. The van der Waals surface area contributed by atoms with E-state index in [0.29, 0.717) is 36.1 Å². The number of amides is 2. The molecule has 2 rings (SSSR count). The van der Waals surface area contributed by atoms with E-state index in [0.717, 1.165) is 0 Å². The molecule has 0 aliphatic carbocycles. The maximum atomic E-state index is 12.3. The molecule has 1 aliphatic heterocycles. The van der Waals surface area contributed by atoms with Crippen molar-refractivity contribution < 1.29 is 9.59 Å². The topological polar surface area (TPSA) is 62.3 Å². The Morgan fingerprint density at radius 1 is 1.50 bits per heavy atom. The van der Waals surface area contributed by atoms with Crippen molar-refractivity contribution in [1.29, 1.82) is 0 Å². The van der Waals surface area contributed by atoms with E-state index in [-0.39, 0.29) is 17.0 Å². The molecule has 0 unspecified atom stereocenters. The third-order valence-electron chi connectivity index (χ3n) is 2.64. The number of nitrogens with zero attached hydrogens (tertiary/aromatic N) is 2. The van der Waals surface area contributed by atoms with Crippen molar-refractivity contribution in [3.8, 4) is 0 Å². The van der Waals surface area contributed by atoms with Crippen LogP contribution in [-0.2, 0) is 4.79 Å². The Bertz CT molecular complexity index is 495. The molecule has 2 amide bonds. The Balaban J connectivity index is 2.19. The number of rotatable bonds is 1. The summed E-state index contributed by atoms with van der Waals surface area (Å²) in [4.78, 5) is 29.0. The summed E-state index contributed by atoms with van der Waals surface area (Å²) in [5.41, 5.74) is 0.348. The third kappa shape index (κ3) is 3.00. The van der Waals surface area contributed by atoms with Gasteiger partial charge in [0.2, 0.25) is 5.91 Å². The first-order valence-corrected chi connectivity index (χ1v) is 6.62. The Morgan fingerprint density at radius 2 is 2.28 bits per heavy atom. The lowest BCUT2D eigenvalue weighted by Crippen LogP contribution is -2.34. The summed E-state index contributed by atoms with van der Waals surface area (Å²) in [6, 6.07) is 1.64. The van der Waals surface area contributed by atoms with Crippen LogP contribution in [0.3, 0.4) is 0 Å². The number of carbonyl (C=O) groups excluding carboxylic acids is 2. The highest BCUT2D eigenvalue weighted by molar-refractivity contribution is 9.10. The molecule has 1 fully saturated rings. The minimum absolute atomic E-state index is 0.0382. The van der Waals surface area contributed by atoms with E-state index in [1.165, 1.54) is 6.20 Å². The third-order valence-corrected chi connectivity index (χ3v) is 3.37. The van der Waals surface area contributed by atoms with Gasteiger partial charge in [-0.25, -0.2) is 4.98 Å². The molecule has 0 spiro atoms. The molecule has 1 N–H and O–H groups in total. The first-order valence-electron chi connectivity index (χ1n) is 5.45. The highest BCUT2D eigenvalue weighted by Gasteiger charge is 2.22. The van der Waals surface area contributed by atoms with E-state index < -0.39 is 0 Å². The van der Waals surface area contributed by atoms with Gasteiger partial charge < -0.3 is 10.2 Å². The van der Waals surface area contributed by atoms with E-state index in [1.807, 2.05) is 0 Å². The molecular formula is C11H11BrClN3O2. The summed E-state index contributed by atoms with van der Waals surface area (Å²) in [6.07, 6.45) is 1.84. The van der Waals surface area contributed by atoms with Crippen molar-refractivity contribution in [1.82, 2.24) is 15.2 Å².